The first kappa shape index (κ1) is 16.4. The predicted octanol–water partition coefficient (Wildman–Crippen LogP) is 4.20. The summed E-state index contributed by atoms with van der Waals surface area (Å²) >= 11 is 0. The summed E-state index contributed by atoms with van der Waals surface area (Å²) in [5.41, 5.74) is 1.15. The van der Waals surface area contributed by atoms with Crippen molar-refractivity contribution in [1.29, 1.82) is 0 Å². The van der Waals surface area contributed by atoms with Crippen LogP contribution in [0.25, 0.3) is 0 Å². The van der Waals surface area contributed by atoms with Crippen molar-refractivity contribution in [3.63, 3.8) is 0 Å². The Morgan fingerprint density at radius 3 is 2.62 bits per heavy atom. The third kappa shape index (κ3) is 5.08. The second kappa shape index (κ2) is 8.50. The van der Waals surface area contributed by atoms with Crippen molar-refractivity contribution in [2.45, 2.75) is 64.0 Å². The van der Waals surface area contributed by atoms with Gasteiger partial charge in [-0.1, -0.05) is 44.7 Å². The normalized spacial score (nSPS) is 24.0. The molecule has 1 aromatic rings. The molecule has 0 spiro atoms. The largest absolute Gasteiger partial charge is 0.393 e. The standard InChI is InChI=1S/C18H28FNO/c1-2-3-7-17(14-9-11-16(19)12-10-14)20-13-15-6-4-5-8-18(15)21/h9-12,15,17-18,20-21H,2-8,13H2,1H3. The van der Waals surface area contributed by atoms with E-state index < -0.39 is 0 Å². The van der Waals surface area contributed by atoms with Crippen LogP contribution in [0, 0.1) is 11.7 Å². The quantitative estimate of drug-likeness (QED) is 0.790. The van der Waals surface area contributed by atoms with Crippen LogP contribution in [0.4, 0.5) is 4.39 Å². The number of unbranched alkanes of at least 4 members (excludes halogenated alkanes) is 1. The van der Waals surface area contributed by atoms with Gasteiger partial charge in [0, 0.05) is 12.6 Å². The minimum absolute atomic E-state index is 0.161. The van der Waals surface area contributed by atoms with Gasteiger partial charge in [-0.05, 0) is 42.9 Å². The van der Waals surface area contributed by atoms with Gasteiger partial charge < -0.3 is 10.4 Å². The van der Waals surface area contributed by atoms with Gasteiger partial charge in [-0.25, -0.2) is 4.39 Å². The Balaban J connectivity index is 1.94. The molecule has 0 aliphatic heterocycles. The maximum absolute atomic E-state index is 13.1. The highest BCUT2D eigenvalue weighted by atomic mass is 19.1. The molecule has 0 amide bonds. The molecule has 21 heavy (non-hydrogen) atoms. The van der Waals surface area contributed by atoms with E-state index in [4.69, 9.17) is 0 Å². The summed E-state index contributed by atoms with van der Waals surface area (Å²) in [6, 6.07) is 7.08. The van der Waals surface area contributed by atoms with Crippen LogP contribution in [0.3, 0.4) is 0 Å². The lowest BCUT2D eigenvalue weighted by Gasteiger charge is -2.30. The van der Waals surface area contributed by atoms with Gasteiger partial charge >= 0.3 is 0 Å². The fourth-order valence-electron chi connectivity index (χ4n) is 3.21. The van der Waals surface area contributed by atoms with E-state index in [1.165, 1.54) is 18.6 Å². The highest BCUT2D eigenvalue weighted by Gasteiger charge is 2.23. The van der Waals surface area contributed by atoms with Crippen molar-refractivity contribution in [1.82, 2.24) is 5.32 Å². The maximum Gasteiger partial charge on any atom is 0.123 e. The molecule has 1 aliphatic rings. The summed E-state index contributed by atoms with van der Waals surface area (Å²) in [4.78, 5) is 0. The number of hydrogen-bond donors (Lipinski definition) is 2. The molecule has 0 heterocycles. The summed E-state index contributed by atoms with van der Waals surface area (Å²) < 4.78 is 13.1. The molecule has 118 valence electrons. The second-order valence-corrected chi connectivity index (χ2v) is 6.27. The summed E-state index contributed by atoms with van der Waals surface area (Å²) in [5, 5.41) is 13.7. The number of rotatable bonds is 7. The highest BCUT2D eigenvalue weighted by Crippen LogP contribution is 2.26. The van der Waals surface area contributed by atoms with Crippen LogP contribution in [0.1, 0.15) is 63.5 Å². The molecule has 0 aromatic heterocycles. The van der Waals surface area contributed by atoms with Crippen LogP contribution in [0.2, 0.25) is 0 Å². The smallest absolute Gasteiger partial charge is 0.123 e. The number of nitrogens with one attached hydrogen (secondary N) is 1. The monoisotopic (exact) mass is 293 g/mol. The van der Waals surface area contributed by atoms with Crippen molar-refractivity contribution in [3.8, 4) is 0 Å². The van der Waals surface area contributed by atoms with Crippen LogP contribution in [-0.2, 0) is 0 Å². The van der Waals surface area contributed by atoms with E-state index in [1.54, 1.807) is 0 Å². The zero-order valence-electron chi connectivity index (χ0n) is 13.0. The Hall–Kier alpha value is -0.930. The van der Waals surface area contributed by atoms with Gasteiger partial charge in [0.1, 0.15) is 5.82 Å². The van der Waals surface area contributed by atoms with Crippen molar-refractivity contribution >= 4 is 0 Å². The van der Waals surface area contributed by atoms with E-state index in [-0.39, 0.29) is 18.0 Å². The number of aliphatic hydroxyl groups excluding tert-OH is 1. The maximum atomic E-state index is 13.1. The van der Waals surface area contributed by atoms with Gasteiger partial charge in [-0.15, -0.1) is 0 Å². The first-order valence-electron chi connectivity index (χ1n) is 8.37. The molecule has 1 aromatic carbocycles. The Morgan fingerprint density at radius 1 is 1.24 bits per heavy atom. The van der Waals surface area contributed by atoms with Crippen molar-refractivity contribution in [3.05, 3.63) is 35.6 Å². The molecule has 2 rings (SSSR count). The van der Waals surface area contributed by atoms with E-state index in [2.05, 4.69) is 12.2 Å². The van der Waals surface area contributed by atoms with Crippen LogP contribution in [0.5, 0.6) is 0 Å². The van der Waals surface area contributed by atoms with Gasteiger partial charge in [0.05, 0.1) is 6.10 Å². The third-order valence-electron chi connectivity index (χ3n) is 4.61. The molecule has 3 atom stereocenters. The van der Waals surface area contributed by atoms with E-state index in [1.807, 2.05) is 12.1 Å². The topological polar surface area (TPSA) is 32.3 Å². The molecular formula is C18H28FNO. The van der Waals surface area contributed by atoms with E-state index in [9.17, 15) is 9.50 Å². The van der Waals surface area contributed by atoms with Gasteiger partial charge in [0.2, 0.25) is 0 Å². The number of aliphatic hydroxyl groups is 1. The number of benzene rings is 1. The minimum Gasteiger partial charge on any atom is -0.393 e. The second-order valence-electron chi connectivity index (χ2n) is 6.27. The molecule has 3 unspecified atom stereocenters. The molecule has 1 aliphatic carbocycles. The lowest BCUT2D eigenvalue weighted by molar-refractivity contribution is 0.0678. The van der Waals surface area contributed by atoms with E-state index in [0.29, 0.717) is 5.92 Å². The lowest BCUT2D eigenvalue weighted by Crippen LogP contribution is -2.35. The highest BCUT2D eigenvalue weighted by molar-refractivity contribution is 5.19. The molecule has 2 N–H and O–H groups in total. The number of halogens is 1. The Kier molecular flexibility index (Phi) is 6.65. The predicted molar refractivity (Wildman–Crippen MR) is 84.6 cm³/mol. The molecular weight excluding hydrogens is 265 g/mol. The molecule has 3 heteroatoms. The van der Waals surface area contributed by atoms with Gasteiger partial charge in [-0.2, -0.15) is 0 Å². The SMILES string of the molecule is CCCCC(NCC1CCCCC1O)c1ccc(F)cc1. The molecule has 1 fully saturated rings. The molecule has 0 radical (unpaired) electrons. The van der Waals surface area contributed by atoms with Crippen molar-refractivity contribution < 1.29 is 9.50 Å². The Bertz CT molecular complexity index is 406. The van der Waals surface area contributed by atoms with Crippen LogP contribution < -0.4 is 5.32 Å². The summed E-state index contributed by atoms with van der Waals surface area (Å²) in [6.07, 6.45) is 7.62. The van der Waals surface area contributed by atoms with Crippen LogP contribution >= 0.6 is 0 Å². The van der Waals surface area contributed by atoms with E-state index in [0.717, 1.165) is 50.6 Å². The van der Waals surface area contributed by atoms with Gasteiger partial charge in [0.15, 0.2) is 0 Å². The zero-order chi connectivity index (χ0) is 15.1. The summed E-state index contributed by atoms with van der Waals surface area (Å²) in [5.74, 6) is 0.180. The zero-order valence-corrected chi connectivity index (χ0v) is 13.0. The fourth-order valence-corrected chi connectivity index (χ4v) is 3.21. The average Bonchev–Trinajstić information content (AvgIpc) is 2.50. The molecule has 0 saturated heterocycles. The average molecular weight is 293 g/mol. The Labute approximate surface area is 127 Å². The first-order valence-corrected chi connectivity index (χ1v) is 8.37. The molecule has 0 bridgehead atoms. The number of hydrogen-bond acceptors (Lipinski definition) is 2. The van der Waals surface area contributed by atoms with Crippen molar-refractivity contribution in [2.75, 3.05) is 6.54 Å². The van der Waals surface area contributed by atoms with Crippen LogP contribution in [0.15, 0.2) is 24.3 Å². The minimum atomic E-state index is -0.185. The lowest BCUT2D eigenvalue weighted by atomic mass is 9.86. The van der Waals surface area contributed by atoms with E-state index >= 15 is 0 Å². The summed E-state index contributed by atoms with van der Waals surface area (Å²) in [6.45, 7) is 3.04. The molecule has 2 nitrogen and oxygen atoms in total. The fraction of sp³-hybridized carbons (Fsp3) is 0.667. The van der Waals surface area contributed by atoms with Crippen LogP contribution in [-0.4, -0.2) is 17.8 Å². The van der Waals surface area contributed by atoms with Crippen molar-refractivity contribution in [2.24, 2.45) is 5.92 Å². The molecule has 1 saturated carbocycles. The summed E-state index contributed by atoms with van der Waals surface area (Å²) in [7, 11) is 0. The van der Waals surface area contributed by atoms with Gasteiger partial charge in [-0.3, -0.25) is 0 Å². The van der Waals surface area contributed by atoms with Gasteiger partial charge in [0.25, 0.3) is 0 Å². The first-order chi connectivity index (χ1) is 10.2. The third-order valence-corrected chi connectivity index (χ3v) is 4.61. The Morgan fingerprint density at radius 2 is 1.95 bits per heavy atom.